The van der Waals surface area contributed by atoms with Crippen molar-refractivity contribution in [1.29, 1.82) is 0 Å². The van der Waals surface area contributed by atoms with Crippen molar-refractivity contribution < 1.29 is 31.1 Å². The lowest BCUT2D eigenvalue weighted by molar-refractivity contribution is 0.354. The smallest absolute Gasteiger partial charge is 0.189 e. The number of benzene rings is 3. The zero-order chi connectivity index (χ0) is 27.4. The van der Waals surface area contributed by atoms with Crippen LogP contribution in [0.3, 0.4) is 0 Å². The lowest BCUT2D eigenvalue weighted by atomic mass is 10.0. The van der Waals surface area contributed by atoms with Gasteiger partial charge in [-0.05, 0) is 71.8 Å². The molecule has 0 saturated heterocycles. The number of anilines is 1. The van der Waals surface area contributed by atoms with Gasteiger partial charge in [-0.15, -0.1) is 0 Å². The summed E-state index contributed by atoms with van der Waals surface area (Å²) in [7, 11) is -1.40. The predicted molar refractivity (Wildman–Crippen MR) is 138 cm³/mol. The van der Waals surface area contributed by atoms with Crippen molar-refractivity contribution in [3.05, 3.63) is 112 Å². The average Bonchev–Trinajstić information content (AvgIpc) is 2.91. The van der Waals surface area contributed by atoms with Crippen LogP contribution in [0.25, 0.3) is 0 Å². The molecule has 11 heteroatoms. The number of rotatable bonds is 9. The standard InChI is InChI=1S/C27H22ClF3N2O4S/c1-36-24-10-3-16(11-25(24)37-2)14-32-26-13-20(22(28)15-33-26)27(21-12-18(30)6-9-23(21)31)38(34,35)19-7-4-17(29)5-8-19/h3-13,15,27H,14H2,1-2H3,(H,32,33). The molecule has 3 aromatic carbocycles. The van der Waals surface area contributed by atoms with Gasteiger partial charge in [-0.1, -0.05) is 17.7 Å². The summed E-state index contributed by atoms with van der Waals surface area (Å²) in [5.74, 6) is -1.14. The number of nitrogens with zero attached hydrogens (tertiary/aromatic N) is 1. The summed E-state index contributed by atoms with van der Waals surface area (Å²) in [4.78, 5) is 3.91. The van der Waals surface area contributed by atoms with Gasteiger partial charge in [0.25, 0.3) is 0 Å². The maximum Gasteiger partial charge on any atom is 0.189 e. The second-order valence-electron chi connectivity index (χ2n) is 8.18. The molecule has 1 N–H and O–H groups in total. The van der Waals surface area contributed by atoms with E-state index < -0.39 is 38.1 Å². The summed E-state index contributed by atoms with van der Waals surface area (Å²) < 4.78 is 80.7. The topological polar surface area (TPSA) is 77.5 Å². The van der Waals surface area contributed by atoms with Crippen LogP contribution >= 0.6 is 11.6 Å². The monoisotopic (exact) mass is 562 g/mol. The van der Waals surface area contributed by atoms with Gasteiger partial charge in [0.2, 0.25) is 0 Å². The van der Waals surface area contributed by atoms with Crippen LogP contribution in [0.15, 0.2) is 77.8 Å². The number of methoxy groups -OCH3 is 2. The number of ether oxygens (including phenoxy) is 2. The Balaban J connectivity index is 1.77. The van der Waals surface area contributed by atoms with Gasteiger partial charge in [0.1, 0.15) is 28.5 Å². The van der Waals surface area contributed by atoms with Crippen LogP contribution in [0.2, 0.25) is 5.02 Å². The van der Waals surface area contributed by atoms with Gasteiger partial charge < -0.3 is 14.8 Å². The van der Waals surface area contributed by atoms with E-state index in [2.05, 4.69) is 10.3 Å². The lowest BCUT2D eigenvalue weighted by Gasteiger charge is -2.21. The fraction of sp³-hybridized carbons (Fsp3) is 0.148. The Bertz CT molecular complexity index is 1570. The fourth-order valence-corrected chi connectivity index (χ4v) is 6.02. The third kappa shape index (κ3) is 5.71. The number of sulfone groups is 1. The highest BCUT2D eigenvalue weighted by Crippen LogP contribution is 2.40. The number of aromatic nitrogens is 1. The van der Waals surface area contributed by atoms with Gasteiger partial charge in [0.15, 0.2) is 21.3 Å². The van der Waals surface area contributed by atoms with Crippen molar-refractivity contribution in [2.75, 3.05) is 19.5 Å². The number of hydrogen-bond acceptors (Lipinski definition) is 6. The maximum absolute atomic E-state index is 15.0. The Labute approximate surface area is 222 Å². The van der Waals surface area contributed by atoms with Crippen LogP contribution in [0.4, 0.5) is 19.0 Å². The van der Waals surface area contributed by atoms with Crippen molar-refractivity contribution in [1.82, 2.24) is 4.98 Å². The van der Waals surface area contributed by atoms with Gasteiger partial charge in [0, 0.05) is 18.3 Å². The van der Waals surface area contributed by atoms with E-state index in [1.807, 2.05) is 0 Å². The molecule has 1 unspecified atom stereocenters. The summed E-state index contributed by atoms with van der Waals surface area (Å²) >= 11 is 6.38. The van der Waals surface area contributed by atoms with Crippen LogP contribution in [-0.4, -0.2) is 27.6 Å². The van der Waals surface area contributed by atoms with E-state index in [1.54, 1.807) is 18.2 Å². The minimum atomic E-state index is -4.43. The molecule has 6 nitrogen and oxygen atoms in total. The van der Waals surface area contributed by atoms with Crippen LogP contribution in [0, 0.1) is 17.5 Å². The molecular formula is C27H22ClF3N2O4S. The minimum absolute atomic E-state index is 0.0368. The number of pyridine rings is 1. The normalized spacial score (nSPS) is 12.2. The first-order valence-corrected chi connectivity index (χ1v) is 13.1. The highest BCUT2D eigenvalue weighted by atomic mass is 35.5. The first-order valence-electron chi connectivity index (χ1n) is 11.2. The minimum Gasteiger partial charge on any atom is -0.493 e. The fourth-order valence-electron chi connectivity index (χ4n) is 3.91. The largest absolute Gasteiger partial charge is 0.493 e. The molecule has 0 bridgehead atoms. The molecule has 38 heavy (non-hydrogen) atoms. The summed E-state index contributed by atoms with van der Waals surface area (Å²) in [5, 5.41) is 1.24. The Morgan fingerprint density at radius 2 is 1.55 bits per heavy atom. The van der Waals surface area contributed by atoms with Crippen LogP contribution in [0.5, 0.6) is 11.5 Å². The summed E-state index contributed by atoms with van der Waals surface area (Å²) in [6, 6.07) is 13.2. The van der Waals surface area contributed by atoms with Gasteiger partial charge in [-0.25, -0.2) is 26.6 Å². The Morgan fingerprint density at radius 3 is 2.24 bits per heavy atom. The molecule has 0 radical (unpaired) electrons. The van der Waals surface area contributed by atoms with Crippen molar-refractivity contribution in [2.45, 2.75) is 16.7 Å². The van der Waals surface area contributed by atoms with E-state index >= 15 is 0 Å². The molecule has 4 rings (SSSR count). The third-order valence-corrected chi connectivity index (χ3v) is 8.16. The second kappa shape index (κ2) is 11.3. The molecule has 1 atom stereocenters. The van der Waals surface area contributed by atoms with Crippen LogP contribution in [0.1, 0.15) is 21.9 Å². The molecule has 0 spiro atoms. The van der Waals surface area contributed by atoms with E-state index in [1.165, 1.54) is 26.5 Å². The number of nitrogens with one attached hydrogen (secondary N) is 1. The van der Waals surface area contributed by atoms with Crippen molar-refractivity contribution in [3.8, 4) is 11.5 Å². The molecule has 198 valence electrons. The SMILES string of the molecule is COc1ccc(CNc2cc(C(c3cc(F)ccc3F)S(=O)(=O)c3ccc(F)cc3)c(Cl)cn2)cc1OC. The average molecular weight is 563 g/mol. The van der Waals surface area contributed by atoms with Crippen molar-refractivity contribution >= 4 is 27.3 Å². The molecular weight excluding hydrogens is 541 g/mol. The Morgan fingerprint density at radius 1 is 0.868 bits per heavy atom. The van der Waals surface area contributed by atoms with E-state index in [4.69, 9.17) is 21.1 Å². The van der Waals surface area contributed by atoms with Crippen molar-refractivity contribution in [3.63, 3.8) is 0 Å². The predicted octanol–water partition coefficient (Wildman–Crippen LogP) is 6.34. The number of hydrogen-bond donors (Lipinski definition) is 1. The first-order chi connectivity index (χ1) is 18.1. The van der Waals surface area contributed by atoms with Crippen LogP contribution < -0.4 is 14.8 Å². The Kier molecular flexibility index (Phi) is 8.13. The molecule has 1 aromatic heterocycles. The summed E-state index contributed by atoms with van der Waals surface area (Å²) in [5.41, 5.74) is 0.311. The molecule has 0 aliphatic carbocycles. The molecule has 0 aliphatic heterocycles. The zero-order valence-electron chi connectivity index (χ0n) is 20.2. The highest BCUT2D eigenvalue weighted by molar-refractivity contribution is 7.92. The van der Waals surface area contributed by atoms with Gasteiger partial charge in [-0.3, -0.25) is 0 Å². The zero-order valence-corrected chi connectivity index (χ0v) is 21.8. The molecule has 4 aromatic rings. The van der Waals surface area contributed by atoms with E-state index in [0.29, 0.717) is 11.5 Å². The van der Waals surface area contributed by atoms with Crippen molar-refractivity contribution in [2.24, 2.45) is 0 Å². The first kappa shape index (κ1) is 27.3. The van der Waals surface area contributed by atoms with Gasteiger partial charge in [-0.2, -0.15) is 0 Å². The van der Waals surface area contributed by atoms with Gasteiger partial charge in [0.05, 0.1) is 24.1 Å². The molecule has 0 fully saturated rings. The van der Waals surface area contributed by atoms with E-state index in [0.717, 1.165) is 48.0 Å². The molecule has 0 amide bonds. The van der Waals surface area contributed by atoms with Gasteiger partial charge >= 0.3 is 0 Å². The quantitative estimate of drug-likeness (QED) is 0.240. The lowest BCUT2D eigenvalue weighted by Crippen LogP contribution is -2.18. The summed E-state index contributed by atoms with van der Waals surface area (Å²) in [6.45, 7) is 0.262. The summed E-state index contributed by atoms with van der Waals surface area (Å²) in [6.07, 6.45) is 1.22. The second-order valence-corrected chi connectivity index (χ2v) is 10.6. The molecule has 0 saturated carbocycles. The third-order valence-electron chi connectivity index (χ3n) is 5.78. The van der Waals surface area contributed by atoms with E-state index in [9.17, 15) is 21.6 Å². The molecule has 1 heterocycles. The number of halogens is 4. The highest BCUT2D eigenvalue weighted by Gasteiger charge is 2.35. The maximum atomic E-state index is 15.0. The molecule has 0 aliphatic rings. The Hall–Kier alpha value is -3.76. The van der Waals surface area contributed by atoms with Crippen LogP contribution in [-0.2, 0) is 16.4 Å². The van der Waals surface area contributed by atoms with E-state index in [-0.39, 0.29) is 27.8 Å².